The number of ether oxygens (including phenoxy) is 1. The summed E-state index contributed by atoms with van der Waals surface area (Å²) in [5.41, 5.74) is 5.76. The second-order valence-electron chi connectivity index (χ2n) is 4.50. The molecule has 0 aliphatic heterocycles. The van der Waals surface area contributed by atoms with Gasteiger partial charge in [-0.25, -0.2) is 4.98 Å². The van der Waals surface area contributed by atoms with Gasteiger partial charge in [-0.3, -0.25) is 0 Å². The van der Waals surface area contributed by atoms with Crippen molar-refractivity contribution in [3.8, 4) is 5.75 Å². The normalized spacial score (nSPS) is 32.5. The van der Waals surface area contributed by atoms with Crippen molar-refractivity contribution in [3.05, 3.63) is 16.7 Å². The molecule has 3 atom stereocenters. The molecule has 0 radical (unpaired) electrons. The van der Waals surface area contributed by atoms with Crippen molar-refractivity contribution in [2.75, 3.05) is 5.73 Å². The molecule has 2 aliphatic rings. The predicted molar refractivity (Wildman–Crippen MR) is 61.6 cm³/mol. The molecule has 0 spiro atoms. The number of aromatic nitrogens is 1. The minimum absolute atomic E-state index is 0.354. The molecule has 80 valence electrons. The largest absolute Gasteiger partial charge is 0.487 e. The van der Waals surface area contributed by atoms with Crippen molar-refractivity contribution in [1.29, 1.82) is 0 Å². The first-order chi connectivity index (χ1) is 7.22. The van der Waals surface area contributed by atoms with Gasteiger partial charge in [0, 0.05) is 10.7 Å². The zero-order valence-electron chi connectivity index (χ0n) is 8.32. The van der Waals surface area contributed by atoms with E-state index in [1.165, 1.54) is 19.3 Å². The van der Waals surface area contributed by atoms with Crippen molar-refractivity contribution in [3.63, 3.8) is 0 Å². The first-order valence-electron chi connectivity index (χ1n) is 5.30. The molecule has 2 N–H and O–H groups in total. The third-order valence-corrected chi connectivity index (χ3v) is 3.78. The van der Waals surface area contributed by atoms with E-state index in [1.807, 2.05) is 6.07 Å². The predicted octanol–water partition coefficient (Wildman–Crippen LogP) is 2.60. The van der Waals surface area contributed by atoms with E-state index in [1.54, 1.807) is 6.20 Å². The molecule has 0 bridgehead atoms. The fourth-order valence-corrected chi connectivity index (χ4v) is 2.77. The summed E-state index contributed by atoms with van der Waals surface area (Å²) in [6.45, 7) is 0. The van der Waals surface area contributed by atoms with Crippen LogP contribution in [0.3, 0.4) is 0 Å². The Labute approximate surface area is 97.2 Å². The average molecular weight is 269 g/mol. The molecule has 4 heteroatoms. The van der Waals surface area contributed by atoms with Crippen molar-refractivity contribution in [1.82, 2.24) is 4.98 Å². The second-order valence-corrected chi connectivity index (χ2v) is 5.42. The van der Waals surface area contributed by atoms with Gasteiger partial charge in [0.05, 0.1) is 6.10 Å². The Morgan fingerprint density at radius 1 is 1.33 bits per heavy atom. The van der Waals surface area contributed by atoms with Gasteiger partial charge in [0.25, 0.3) is 0 Å². The molecule has 0 unspecified atom stereocenters. The Hall–Kier alpha value is -0.770. The van der Waals surface area contributed by atoms with E-state index in [2.05, 4.69) is 20.9 Å². The molecule has 1 heterocycles. The molecule has 0 aromatic carbocycles. The van der Waals surface area contributed by atoms with Crippen molar-refractivity contribution in [2.24, 2.45) is 11.8 Å². The first-order valence-corrected chi connectivity index (χ1v) is 6.09. The van der Waals surface area contributed by atoms with E-state index < -0.39 is 0 Å². The first kappa shape index (κ1) is 9.46. The van der Waals surface area contributed by atoms with Crippen LogP contribution >= 0.6 is 15.9 Å². The number of nitrogen functional groups attached to an aromatic ring is 1. The molecular weight excluding hydrogens is 256 g/mol. The van der Waals surface area contributed by atoms with Crippen molar-refractivity contribution >= 4 is 21.7 Å². The fourth-order valence-electron chi connectivity index (χ4n) is 2.46. The summed E-state index contributed by atoms with van der Waals surface area (Å²) >= 11 is 3.37. The van der Waals surface area contributed by atoms with Crippen LogP contribution in [-0.4, -0.2) is 11.1 Å². The zero-order chi connectivity index (χ0) is 10.4. The number of fused-ring (bicyclic) bond motifs is 1. The summed E-state index contributed by atoms with van der Waals surface area (Å²) < 4.78 is 6.78. The van der Waals surface area contributed by atoms with Gasteiger partial charge in [-0.2, -0.15) is 0 Å². The zero-order valence-corrected chi connectivity index (χ0v) is 9.90. The lowest BCUT2D eigenvalue weighted by Crippen LogP contribution is -2.15. The van der Waals surface area contributed by atoms with Crippen molar-refractivity contribution < 1.29 is 4.74 Å². The van der Waals surface area contributed by atoms with Gasteiger partial charge in [0.15, 0.2) is 11.6 Å². The molecule has 0 amide bonds. The lowest BCUT2D eigenvalue weighted by molar-refractivity contribution is 0.195. The number of rotatable bonds is 2. The van der Waals surface area contributed by atoms with Gasteiger partial charge in [-0.15, -0.1) is 0 Å². The Morgan fingerprint density at radius 3 is 2.80 bits per heavy atom. The summed E-state index contributed by atoms with van der Waals surface area (Å²) in [6, 6.07) is 1.90. The maximum atomic E-state index is 5.87. The highest BCUT2D eigenvalue weighted by Crippen LogP contribution is 2.52. The standard InChI is InChI=1S/C11H13BrN2O/c12-8-4-10(11(13)14-5-8)15-9-2-6-1-7(6)3-9/h4-7,9H,1-3H2,(H2,13,14)/t6-,7+,9+. The number of halogens is 1. The SMILES string of the molecule is Nc1ncc(Br)cc1O[C@@H]1C[C@@H]2C[C@@H]2C1. The highest BCUT2D eigenvalue weighted by molar-refractivity contribution is 9.10. The van der Waals surface area contributed by atoms with Gasteiger partial charge in [0.2, 0.25) is 0 Å². The summed E-state index contributed by atoms with van der Waals surface area (Å²) in [4.78, 5) is 4.06. The van der Waals surface area contributed by atoms with Gasteiger partial charge in [0.1, 0.15) is 0 Å². The van der Waals surface area contributed by atoms with E-state index in [4.69, 9.17) is 10.5 Å². The van der Waals surface area contributed by atoms with Crippen LogP contribution < -0.4 is 10.5 Å². The maximum absolute atomic E-state index is 5.87. The van der Waals surface area contributed by atoms with Crippen LogP contribution in [0.4, 0.5) is 5.82 Å². The van der Waals surface area contributed by atoms with Crippen LogP contribution in [0.1, 0.15) is 19.3 Å². The van der Waals surface area contributed by atoms with E-state index in [0.29, 0.717) is 11.9 Å². The number of nitrogens with zero attached hydrogens (tertiary/aromatic N) is 1. The number of hydrogen-bond donors (Lipinski definition) is 1. The molecule has 1 aromatic heterocycles. The van der Waals surface area contributed by atoms with E-state index in [-0.39, 0.29) is 0 Å². The van der Waals surface area contributed by atoms with Gasteiger partial charge >= 0.3 is 0 Å². The van der Waals surface area contributed by atoms with Crippen LogP contribution in [0.25, 0.3) is 0 Å². The Kier molecular flexibility index (Phi) is 2.12. The number of hydrogen-bond acceptors (Lipinski definition) is 3. The molecule has 2 fully saturated rings. The van der Waals surface area contributed by atoms with Crippen LogP contribution in [0.2, 0.25) is 0 Å². The lowest BCUT2D eigenvalue weighted by atomic mass is 10.2. The Bertz CT molecular complexity index is 386. The highest BCUT2D eigenvalue weighted by atomic mass is 79.9. The third-order valence-electron chi connectivity index (χ3n) is 3.34. The molecular formula is C11H13BrN2O. The average Bonchev–Trinajstić information content (AvgIpc) is 2.81. The van der Waals surface area contributed by atoms with Crippen LogP contribution in [0, 0.1) is 11.8 Å². The molecule has 3 nitrogen and oxygen atoms in total. The van der Waals surface area contributed by atoms with Crippen LogP contribution in [0.15, 0.2) is 16.7 Å². The van der Waals surface area contributed by atoms with E-state index in [0.717, 1.165) is 22.1 Å². The van der Waals surface area contributed by atoms with Gasteiger partial charge in [-0.05, 0) is 53.1 Å². The molecule has 1 aromatic rings. The number of anilines is 1. The molecule has 2 aliphatic carbocycles. The Morgan fingerprint density at radius 2 is 2.07 bits per heavy atom. The minimum Gasteiger partial charge on any atom is -0.487 e. The molecule has 15 heavy (non-hydrogen) atoms. The quantitative estimate of drug-likeness (QED) is 0.897. The summed E-state index contributed by atoms with van der Waals surface area (Å²) in [7, 11) is 0. The number of pyridine rings is 1. The number of nitrogens with two attached hydrogens (primary N) is 1. The van der Waals surface area contributed by atoms with E-state index in [9.17, 15) is 0 Å². The molecule has 3 rings (SSSR count). The minimum atomic E-state index is 0.354. The van der Waals surface area contributed by atoms with Crippen molar-refractivity contribution in [2.45, 2.75) is 25.4 Å². The lowest BCUT2D eigenvalue weighted by Gasteiger charge is -2.16. The molecule has 0 saturated heterocycles. The molecule has 2 saturated carbocycles. The maximum Gasteiger partial charge on any atom is 0.166 e. The van der Waals surface area contributed by atoms with Gasteiger partial charge < -0.3 is 10.5 Å². The van der Waals surface area contributed by atoms with Crippen LogP contribution in [0.5, 0.6) is 5.75 Å². The second kappa shape index (κ2) is 3.37. The fraction of sp³-hybridized carbons (Fsp3) is 0.545. The van der Waals surface area contributed by atoms with Crippen LogP contribution in [-0.2, 0) is 0 Å². The highest BCUT2D eigenvalue weighted by Gasteiger charge is 2.46. The van der Waals surface area contributed by atoms with Gasteiger partial charge in [-0.1, -0.05) is 0 Å². The van der Waals surface area contributed by atoms with E-state index >= 15 is 0 Å². The summed E-state index contributed by atoms with van der Waals surface area (Å²) in [5.74, 6) is 3.06. The monoisotopic (exact) mass is 268 g/mol. The summed E-state index contributed by atoms with van der Waals surface area (Å²) in [6.07, 6.45) is 5.83. The Balaban J connectivity index is 1.73. The topological polar surface area (TPSA) is 48.1 Å². The summed E-state index contributed by atoms with van der Waals surface area (Å²) in [5, 5.41) is 0. The smallest absolute Gasteiger partial charge is 0.166 e. The third kappa shape index (κ3) is 1.83.